The minimum Gasteiger partial charge on any atom is -0.483 e. The molecule has 2 aromatic rings. The Hall–Kier alpha value is -3.76. The third kappa shape index (κ3) is 9.32. The van der Waals surface area contributed by atoms with E-state index in [0.29, 0.717) is 24.1 Å². The van der Waals surface area contributed by atoms with Crippen molar-refractivity contribution in [3.05, 3.63) is 58.7 Å². The normalized spacial score (nSPS) is 13.1. The van der Waals surface area contributed by atoms with E-state index in [2.05, 4.69) is 15.4 Å². The number of nitrogens with one attached hydrogen (secondary N) is 1. The van der Waals surface area contributed by atoms with E-state index in [4.69, 9.17) is 14.3 Å². The Morgan fingerprint density at radius 3 is 2.35 bits per heavy atom. The van der Waals surface area contributed by atoms with Crippen LogP contribution in [-0.4, -0.2) is 55.0 Å². The summed E-state index contributed by atoms with van der Waals surface area (Å²) in [5, 5.41) is 6.80. The fraction of sp³-hybridized carbons (Fsp3) is 0.423. The van der Waals surface area contributed by atoms with Gasteiger partial charge in [-0.15, -0.1) is 0 Å². The molecule has 0 aliphatic rings. The van der Waals surface area contributed by atoms with E-state index in [1.165, 1.54) is 37.0 Å². The fourth-order valence-corrected chi connectivity index (χ4v) is 3.26. The van der Waals surface area contributed by atoms with E-state index in [1.54, 1.807) is 12.1 Å². The molecule has 2 rings (SSSR count). The second-order valence-electron chi connectivity index (χ2n) is 8.20. The van der Waals surface area contributed by atoms with Gasteiger partial charge in [0, 0.05) is 12.6 Å². The Kier molecular flexibility index (Phi) is 14.4. The lowest BCUT2D eigenvalue weighted by Gasteiger charge is -2.20. The van der Waals surface area contributed by atoms with Crippen molar-refractivity contribution in [1.82, 2.24) is 15.1 Å². The molecule has 0 saturated heterocycles. The summed E-state index contributed by atoms with van der Waals surface area (Å²) in [6.07, 6.45) is 1.21. The number of carbonyl (C=O) groups excluding carboxylic acids is 3. The van der Waals surface area contributed by atoms with Gasteiger partial charge in [-0.05, 0) is 51.0 Å². The minimum atomic E-state index is -2.29. The van der Waals surface area contributed by atoms with Gasteiger partial charge in [-0.1, -0.05) is 25.5 Å². The summed E-state index contributed by atoms with van der Waals surface area (Å²) in [5.41, 5.74) is -0.436. The molecule has 0 radical (unpaired) electrons. The van der Waals surface area contributed by atoms with Crippen molar-refractivity contribution in [2.45, 2.75) is 52.2 Å². The standard InChI is InChI=1S/C24H31F3N4O2.2CH2O/c1-7-9-18(28-22(32)19-13-20(30-31(19)5)24(4,27)14-25)23(33-6)29-21(15(2)3)16-10-8-11-17(26)12-16;2*1-2/h8,10-13,18H,7,9,14H2,1-6H3,(H,28,32);2*1H2. The number of methoxy groups -OCH3 is 1. The molecule has 0 aliphatic heterocycles. The van der Waals surface area contributed by atoms with E-state index < -0.39 is 24.3 Å². The number of hydrogen-bond donors (Lipinski definition) is 1. The summed E-state index contributed by atoms with van der Waals surface area (Å²) in [4.78, 5) is 33.6. The van der Waals surface area contributed by atoms with Crippen molar-refractivity contribution in [2.75, 3.05) is 13.8 Å². The van der Waals surface area contributed by atoms with Crippen LogP contribution in [0.25, 0.3) is 5.70 Å². The molecule has 1 amide bonds. The number of nitrogens with zero attached hydrogens (tertiary/aromatic N) is 3. The van der Waals surface area contributed by atoms with E-state index in [1.807, 2.05) is 34.3 Å². The maximum atomic E-state index is 14.3. The van der Waals surface area contributed by atoms with Gasteiger partial charge in [0.2, 0.25) is 5.90 Å². The number of benzene rings is 1. The number of aromatic nitrogens is 2. The molecule has 0 bridgehead atoms. The zero-order valence-electron chi connectivity index (χ0n) is 22.1. The van der Waals surface area contributed by atoms with Gasteiger partial charge >= 0.3 is 0 Å². The fourth-order valence-electron chi connectivity index (χ4n) is 3.26. The smallest absolute Gasteiger partial charge is 0.270 e. The SMILES string of the molecule is C=O.C=O.CCCC(NC(=O)c1cc(C(C)(F)CF)nn1C)C(=NC(=C(C)C)c1cccc(F)c1)OC. The van der Waals surface area contributed by atoms with E-state index in [0.717, 1.165) is 12.5 Å². The van der Waals surface area contributed by atoms with Crippen LogP contribution < -0.4 is 5.32 Å². The molecule has 1 N–H and O–H groups in total. The number of amides is 1. The maximum absolute atomic E-state index is 14.3. The van der Waals surface area contributed by atoms with Crippen LogP contribution >= 0.6 is 0 Å². The molecule has 0 spiro atoms. The van der Waals surface area contributed by atoms with E-state index in [-0.39, 0.29) is 23.1 Å². The topological polar surface area (TPSA) is 103 Å². The van der Waals surface area contributed by atoms with Gasteiger partial charge in [0.1, 0.15) is 43.5 Å². The van der Waals surface area contributed by atoms with Gasteiger partial charge in [-0.3, -0.25) is 9.48 Å². The molecule has 2 atom stereocenters. The van der Waals surface area contributed by atoms with Crippen molar-refractivity contribution in [3.63, 3.8) is 0 Å². The van der Waals surface area contributed by atoms with Crippen LogP contribution in [0, 0.1) is 5.82 Å². The highest BCUT2D eigenvalue weighted by molar-refractivity contribution is 5.97. The van der Waals surface area contributed by atoms with Crippen LogP contribution in [0.3, 0.4) is 0 Å². The minimum absolute atomic E-state index is 0.0754. The molecule has 1 aromatic heterocycles. The third-order valence-corrected chi connectivity index (χ3v) is 5.08. The molecule has 1 heterocycles. The Bertz CT molecular complexity index is 1080. The molecule has 1 aromatic carbocycles. The number of halogens is 3. The average Bonchev–Trinajstić information content (AvgIpc) is 3.29. The summed E-state index contributed by atoms with van der Waals surface area (Å²) < 4.78 is 47.9. The number of allylic oxidation sites excluding steroid dienone is 1. The Morgan fingerprint density at radius 2 is 1.86 bits per heavy atom. The zero-order chi connectivity index (χ0) is 28.8. The predicted molar refractivity (Wildman–Crippen MR) is 137 cm³/mol. The lowest BCUT2D eigenvalue weighted by atomic mass is 10.1. The van der Waals surface area contributed by atoms with Gasteiger partial charge < -0.3 is 19.6 Å². The first-order valence-electron chi connectivity index (χ1n) is 11.3. The van der Waals surface area contributed by atoms with Crippen molar-refractivity contribution in [3.8, 4) is 0 Å². The molecular weight excluding hydrogens is 489 g/mol. The van der Waals surface area contributed by atoms with Crippen LogP contribution in [0.2, 0.25) is 0 Å². The zero-order valence-corrected chi connectivity index (χ0v) is 22.1. The van der Waals surface area contributed by atoms with Crippen molar-refractivity contribution in [2.24, 2.45) is 12.0 Å². The lowest BCUT2D eigenvalue weighted by molar-refractivity contribution is -0.0987. The Balaban J connectivity index is 0.00000308. The van der Waals surface area contributed by atoms with Crippen LogP contribution in [0.1, 0.15) is 62.3 Å². The molecule has 8 nitrogen and oxygen atoms in total. The highest BCUT2D eigenvalue weighted by atomic mass is 19.2. The van der Waals surface area contributed by atoms with Crippen LogP contribution in [-0.2, 0) is 27.0 Å². The maximum Gasteiger partial charge on any atom is 0.270 e. The number of hydrogen-bond acceptors (Lipinski definition) is 6. The number of ether oxygens (including phenoxy) is 1. The monoisotopic (exact) mass is 524 g/mol. The highest BCUT2D eigenvalue weighted by Gasteiger charge is 2.31. The quantitative estimate of drug-likeness (QED) is 0.377. The van der Waals surface area contributed by atoms with Gasteiger partial charge in [0.15, 0.2) is 5.67 Å². The van der Waals surface area contributed by atoms with Gasteiger partial charge in [-0.2, -0.15) is 5.10 Å². The van der Waals surface area contributed by atoms with Gasteiger partial charge in [0.05, 0.1) is 12.8 Å². The second kappa shape index (κ2) is 16.1. The Labute approximate surface area is 215 Å². The molecule has 11 heteroatoms. The molecule has 204 valence electrons. The van der Waals surface area contributed by atoms with Crippen LogP contribution in [0.4, 0.5) is 13.2 Å². The first kappa shape index (κ1) is 33.2. The van der Waals surface area contributed by atoms with Gasteiger partial charge in [-0.25, -0.2) is 18.2 Å². The van der Waals surface area contributed by atoms with Crippen molar-refractivity contribution >= 4 is 31.1 Å². The number of rotatable bonds is 9. The molecule has 0 saturated carbocycles. The number of aryl methyl sites for hydroxylation is 1. The molecule has 0 fully saturated rings. The second-order valence-corrected chi connectivity index (χ2v) is 8.20. The van der Waals surface area contributed by atoms with Crippen molar-refractivity contribution in [1.29, 1.82) is 0 Å². The first-order valence-corrected chi connectivity index (χ1v) is 11.3. The van der Waals surface area contributed by atoms with E-state index >= 15 is 0 Å². The summed E-state index contributed by atoms with van der Waals surface area (Å²) >= 11 is 0. The first-order chi connectivity index (χ1) is 17.5. The van der Waals surface area contributed by atoms with E-state index in [9.17, 15) is 18.0 Å². The third-order valence-electron chi connectivity index (χ3n) is 5.08. The summed E-state index contributed by atoms with van der Waals surface area (Å²) in [5.74, 6) is -0.676. The number of aliphatic imine (C=N–C) groups is 1. The molecule has 0 aliphatic carbocycles. The molecule has 37 heavy (non-hydrogen) atoms. The molecular formula is C26H35F3N4O4. The summed E-state index contributed by atoms with van der Waals surface area (Å²) in [6.45, 7) is 9.45. The predicted octanol–water partition coefficient (Wildman–Crippen LogP) is 4.74. The lowest BCUT2D eigenvalue weighted by Crippen LogP contribution is -2.42. The average molecular weight is 525 g/mol. The summed E-state index contributed by atoms with van der Waals surface area (Å²) in [7, 11) is 2.93. The van der Waals surface area contributed by atoms with Crippen molar-refractivity contribution < 1.29 is 32.3 Å². The number of carbonyl (C=O) groups is 3. The largest absolute Gasteiger partial charge is 0.483 e. The molecule has 2 unspecified atom stereocenters. The Morgan fingerprint density at radius 1 is 1.24 bits per heavy atom. The van der Waals surface area contributed by atoms with Crippen LogP contribution in [0.15, 0.2) is 40.9 Å². The number of alkyl halides is 2. The van der Waals surface area contributed by atoms with Crippen LogP contribution in [0.5, 0.6) is 0 Å². The summed E-state index contributed by atoms with van der Waals surface area (Å²) in [6, 6.07) is 6.69. The van der Waals surface area contributed by atoms with Gasteiger partial charge in [0.25, 0.3) is 5.91 Å². The highest BCUT2D eigenvalue weighted by Crippen LogP contribution is 2.26.